The first-order valence-corrected chi connectivity index (χ1v) is 20.4. The molecule has 0 aromatic heterocycles. The average molecular weight is 767 g/mol. The van der Waals surface area contributed by atoms with Crippen molar-refractivity contribution in [3.63, 3.8) is 0 Å². The molecule has 7 rings (SSSR count). The molecule has 0 heterocycles. The maximum atomic E-state index is 5.61. The molecule has 2 heteroatoms. The number of rotatable bonds is 5. The zero-order valence-electron chi connectivity index (χ0n) is 36.5. The Morgan fingerprint density at radius 2 is 1.12 bits per heavy atom. The summed E-state index contributed by atoms with van der Waals surface area (Å²) >= 11 is 0. The van der Waals surface area contributed by atoms with E-state index in [0.29, 0.717) is 0 Å². The molecule has 0 saturated heterocycles. The fourth-order valence-corrected chi connectivity index (χ4v) is 5.96. The van der Waals surface area contributed by atoms with E-state index in [1.54, 1.807) is 0 Å². The van der Waals surface area contributed by atoms with Crippen LogP contribution in [0.2, 0.25) is 0 Å². The molecule has 1 aliphatic carbocycles. The number of aliphatic imine (C=N–C) groups is 1. The molecule has 6 aromatic carbocycles. The van der Waals surface area contributed by atoms with Crippen LogP contribution in [-0.4, -0.2) is 5.71 Å². The minimum absolute atomic E-state index is 0.0477. The van der Waals surface area contributed by atoms with Gasteiger partial charge in [-0.1, -0.05) is 233 Å². The lowest BCUT2D eigenvalue weighted by molar-refractivity contribution is 0.592. The minimum Gasteiger partial charge on any atom is -0.324 e. The zero-order chi connectivity index (χ0) is 42.3. The first-order valence-electron chi connectivity index (χ1n) is 20.4. The van der Waals surface area contributed by atoms with E-state index in [4.69, 9.17) is 5.73 Å². The largest absolute Gasteiger partial charge is 0.324 e. The van der Waals surface area contributed by atoms with Crippen LogP contribution >= 0.6 is 0 Å². The maximum Gasteiger partial charge on any atom is 0.0447 e. The van der Waals surface area contributed by atoms with Gasteiger partial charge in [0.05, 0.1) is 0 Å². The van der Waals surface area contributed by atoms with E-state index in [2.05, 4.69) is 156 Å². The molecule has 2 N–H and O–H groups in total. The van der Waals surface area contributed by atoms with E-state index in [-0.39, 0.29) is 11.5 Å². The molecular formula is C56H66N2. The summed E-state index contributed by atoms with van der Waals surface area (Å²) < 4.78 is 0. The summed E-state index contributed by atoms with van der Waals surface area (Å²) in [6, 6.07) is 56.8. The Bertz CT molecular complexity index is 2100. The van der Waals surface area contributed by atoms with Crippen molar-refractivity contribution in [1.82, 2.24) is 0 Å². The highest BCUT2D eigenvalue weighted by molar-refractivity contribution is 5.99. The van der Waals surface area contributed by atoms with Gasteiger partial charge in [0.15, 0.2) is 0 Å². The number of allylic oxidation sites excluding steroid dienone is 5. The Morgan fingerprint density at radius 3 is 1.52 bits per heavy atom. The number of hydrogen-bond donors (Lipinski definition) is 1. The summed E-state index contributed by atoms with van der Waals surface area (Å²) in [4.78, 5) is 4.48. The molecular weight excluding hydrogens is 701 g/mol. The quantitative estimate of drug-likeness (QED) is 0.174. The Hall–Kier alpha value is -5.83. The van der Waals surface area contributed by atoms with Gasteiger partial charge < -0.3 is 5.73 Å². The van der Waals surface area contributed by atoms with E-state index >= 15 is 0 Å². The summed E-state index contributed by atoms with van der Waals surface area (Å²) in [6.45, 7) is 23.1. The minimum atomic E-state index is 0.0477. The second-order valence-corrected chi connectivity index (χ2v) is 15.9. The van der Waals surface area contributed by atoms with E-state index in [0.717, 1.165) is 22.9 Å². The van der Waals surface area contributed by atoms with Crippen LogP contribution in [0.25, 0.3) is 22.3 Å². The lowest BCUT2D eigenvalue weighted by atomic mass is 9.80. The molecule has 2 nitrogen and oxygen atoms in total. The van der Waals surface area contributed by atoms with Gasteiger partial charge in [0.1, 0.15) is 0 Å². The third-order valence-corrected chi connectivity index (χ3v) is 9.31. The van der Waals surface area contributed by atoms with Gasteiger partial charge in [-0.2, -0.15) is 0 Å². The summed E-state index contributed by atoms with van der Waals surface area (Å²) in [5.41, 5.74) is 18.8. The third-order valence-electron chi connectivity index (χ3n) is 9.31. The Balaban J connectivity index is 0.000000246. The number of benzene rings is 6. The number of nitrogens with zero attached hydrogens (tertiary/aromatic N) is 1. The van der Waals surface area contributed by atoms with Crippen molar-refractivity contribution in [2.75, 3.05) is 0 Å². The van der Waals surface area contributed by atoms with Crippen molar-refractivity contribution >= 4 is 5.71 Å². The van der Waals surface area contributed by atoms with E-state index in [1.165, 1.54) is 50.9 Å². The van der Waals surface area contributed by atoms with Crippen LogP contribution in [0.4, 0.5) is 0 Å². The van der Waals surface area contributed by atoms with Crippen LogP contribution in [-0.2, 0) is 5.41 Å². The lowest BCUT2D eigenvalue weighted by Gasteiger charge is -2.24. The monoisotopic (exact) mass is 767 g/mol. The molecule has 0 amide bonds. The SMILES string of the molecule is C=C(C)N=C(C)c1ccc(-c2ccc(-c3ccc(C)cc3)cc2C(C)(C)C)cc1.CC(N)c1ccccc1.CC1C=CC=CC1.Cc1ccccc1.c1ccccc1. The average Bonchev–Trinajstić information content (AvgIpc) is 3.23. The molecule has 58 heavy (non-hydrogen) atoms. The highest BCUT2D eigenvalue weighted by Crippen LogP contribution is 2.36. The molecule has 0 aliphatic heterocycles. The maximum absolute atomic E-state index is 5.61. The van der Waals surface area contributed by atoms with Crippen molar-refractivity contribution in [2.45, 2.75) is 80.2 Å². The molecule has 2 unspecified atom stereocenters. The van der Waals surface area contributed by atoms with Crippen LogP contribution in [0.3, 0.4) is 0 Å². The normalized spacial score (nSPS) is 13.4. The summed E-state index contributed by atoms with van der Waals surface area (Å²) in [5, 5.41) is 0. The molecule has 0 bridgehead atoms. The molecule has 0 spiro atoms. The predicted octanol–water partition coefficient (Wildman–Crippen LogP) is 15.5. The van der Waals surface area contributed by atoms with Crippen molar-refractivity contribution in [3.8, 4) is 22.3 Å². The summed E-state index contributed by atoms with van der Waals surface area (Å²) in [5.74, 6) is 0.769. The highest BCUT2D eigenvalue weighted by atomic mass is 14.7. The molecule has 6 aromatic rings. The molecule has 0 radical (unpaired) electrons. The van der Waals surface area contributed by atoms with Gasteiger partial charge in [0, 0.05) is 17.5 Å². The van der Waals surface area contributed by atoms with Crippen molar-refractivity contribution in [1.29, 1.82) is 0 Å². The van der Waals surface area contributed by atoms with Crippen LogP contribution in [0, 0.1) is 19.8 Å². The number of nitrogens with two attached hydrogens (primary N) is 1. The van der Waals surface area contributed by atoms with Crippen molar-refractivity contribution in [2.24, 2.45) is 16.6 Å². The van der Waals surface area contributed by atoms with E-state index < -0.39 is 0 Å². The van der Waals surface area contributed by atoms with Crippen LogP contribution in [0.1, 0.15) is 88.7 Å². The Labute approximate surface area is 351 Å². The van der Waals surface area contributed by atoms with Gasteiger partial charge in [-0.3, -0.25) is 4.99 Å². The molecule has 0 saturated carbocycles. The first kappa shape index (κ1) is 46.6. The standard InChI is InChI=1S/C28H31N.C8H11N.C7H10.C7H8.C6H6/c1-19(2)29-21(4)22-12-14-24(15-13-22)26-17-16-25(18-27(26)28(5,6)7)23-10-8-20(3)9-11-23;1-7(9)8-5-3-2-4-6-8;2*1-7-5-3-2-4-6-7;1-2-4-6-5-3-1/h8-18H,1H2,2-7H3;2-7H,9H2,1H3;2-5,7H,6H2,1H3;2-6H,1H3;1-6H. The third kappa shape index (κ3) is 17.5. The summed E-state index contributed by atoms with van der Waals surface area (Å²) in [6.07, 6.45) is 9.84. The van der Waals surface area contributed by atoms with Gasteiger partial charge in [0.2, 0.25) is 0 Å². The second-order valence-electron chi connectivity index (χ2n) is 15.9. The number of hydrogen-bond acceptors (Lipinski definition) is 2. The fourth-order valence-electron chi connectivity index (χ4n) is 5.96. The first-order chi connectivity index (χ1) is 27.7. The van der Waals surface area contributed by atoms with Crippen molar-refractivity contribution in [3.05, 3.63) is 228 Å². The summed E-state index contributed by atoms with van der Waals surface area (Å²) in [7, 11) is 0. The van der Waals surface area contributed by atoms with Crippen LogP contribution in [0.15, 0.2) is 205 Å². The molecule has 1 aliphatic rings. The zero-order valence-corrected chi connectivity index (χ0v) is 36.5. The Kier molecular flexibility index (Phi) is 19.8. The van der Waals surface area contributed by atoms with E-state index in [9.17, 15) is 0 Å². The van der Waals surface area contributed by atoms with Crippen LogP contribution in [0.5, 0.6) is 0 Å². The fraction of sp³-hybridized carbons (Fsp3) is 0.232. The van der Waals surface area contributed by atoms with Crippen LogP contribution < -0.4 is 5.73 Å². The highest BCUT2D eigenvalue weighted by Gasteiger charge is 2.20. The van der Waals surface area contributed by atoms with Crippen molar-refractivity contribution < 1.29 is 0 Å². The smallest absolute Gasteiger partial charge is 0.0447 e. The van der Waals surface area contributed by atoms with E-state index in [1.807, 2.05) is 106 Å². The molecule has 300 valence electrons. The Morgan fingerprint density at radius 1 is 0.638 bits per heavy atom. The topological polar surface area (TPSA) is 38.4 Å². The number of aryl methyl sites for hydroxylation is 2. The second kappa shape index (κ2) is 24.7. The van der Waals surface area contributed by atoms with Gasteiger partial charge in [0.25, 0.3) is 0 Å². The molecule has 2 atom stereocenters. The lowest BCUT2D eigenvalue weighted by Crippen LogP contribution is -2.13. The predicted molar refractivity (Wildman–Crippen MR) is 257 cm³/mol. The van der Waals surface area contributed by atoms with Gasteiger partial charge in [-0.25, -0.2) is 0 Å². The van der Waals surface area contributed by atoms with Gasteiger partial charge in [-0.05, 0) is 91.3 Å². The molecule has 0 fully saturated rings. The van der Waals surface area contributed by atoms with Gasteiger partial charge >= 0.3 is 0 Å². The van der Waals surface area contributed by atoms with Gasteiger partial charge in [-0.15, -0.1) is 0 Å².